The fourth-order valence-electron chi connectivity index (χ4n) is 1.11. The molecule has 1 aromatic carbocycles. The van der Waals surface area contributed by atoms with Gasteiger partial charge >= 0.3 is 0 Å². The molecule has 0 heterocycles. The smallest absolute Gasteiger partial charge is 0.119 e. The Hall–Kier alpha value is -1.02. The SMILES string of the molecule is CC[C@H](N)c1cccc(OC)c1. The lowest BCUT2D eigenvalue weighted by molar-refractivity contribution is 0.413. The second-order valence-corrected chi connectivity index (χ2v) is 2.79. The maximum atomic E-state index is 5.86. The summed E-state index contributed by atoms with van der Waals surface area (Å²) in [6, 6.07) is 8.01. The van der Waals surface area contributed by atoms with E-state index in [9.17, 15) is 0 Å². The number of nitrogens with two attached hydrogens (primary N) is 1. The average molecular weight is 165 g/mol. The third-order valence-electron chi connectivity index (χ3n) is 1.96. The first-order chi connectivity index (χ1) is 5.77. The fraction of sp³-hybridized carbons (Fsp3) is 0.400. The molecule has 0 spiro atoms. The molecular weight excluding hydrogens is 150 g/mol. The Kier molecular flexibility index (Phi) is 3.11. The monoisotopic (exact) mass is 165 g/mol. The Morgan fingerprint density at radius 3 is 2.83 bits per heavy atom. The van der Waals surface area contributed by atoms with Crippen molar-refractivity contribution in [2.75, 3.05) is 7.11 Å². The Labute approximate surface area is 73.3 Å². The van der Waals surface area contributed by atoms with Gasteiger partial charge in [-0.05, 0) is 24.1 Å². The van der Waals surface area contributed by atoms with Crippen LogP contribution < -0.4 is 10.5 Å². The summed E-state index contributed by atoms with van der Waals surface area (Å²) in [7, 11) is 1.66. The van der Waals surface area contributed by atoms with Gasteiger partial charge in [-0.15, -0.1) is 0 Å². The zero-order chi connectivity index (χ0) is 8.97. The van der Waals surface area contributed by atoms with Gasteiger partial charge in [0.15, 0.2) is 0 Å². The Balaban J connectivity index is 2.86. The molecule has 0 bridgehead atoms. The van der Waals surface area contributed by atoms with E-state index in [1.54, 1.807) is 7.11 Å². The zero-order valence-electron chi connectivity index (χ0n) is 7.58. The van der Waals surface area contributed by atoms with E-state index in [0.29, 0.717) is 0 Å². The van der Waals surface area contributed by atoms with E-state index in [0.717, 1.165) is 17.7 Å². The van der Waals surface area contributed by atoms with E-state index in [-0.39, 0.29) is 6.04 Å². The van der Waals surface area contributed by atoms with Crippen molar-refractivity contribution < 1.29 is 4.74 Å². The minimum Gasteiger partial charge on any atom is -0.497 e. The molecule has 0 amide bonds. The first-order valence-corrected chi connectivity index (χ1v) is 4.17. The van der Waals surface area contributed by atoms with Gasteiger partial charge in [0.2, 0.25) is 0 Å². The lowest BCUT2D eigenvalue weighted by atomic mass is 10.1. The zero-order valence-corrected chi connectivity index (χ0v) is 7.58. The molecule has 0 saturated heterocycles. The average Bonchev–Trinajstić information content (AvgIpc) is 2.17. The van der Waals surface area contributed by atoms with Crippen LogP contribution >= 0.6 is 0 Å². The van der Waals surface area contributed by atoms with Crippen molar-refractivity contribution in [2.45, 2.75) is 19.4 Å². The van der Waals surface area contributed by atoms with Crippen LogP contribution in [0.15, 0.2) is 24.3 Å². The summed E-state index contributed by atoms with van der Waals surface area (Å²) in [5, 5.41) is 0. The van der Waals surface area contributed by atoms with Gasteiger partial charge in [-0.3, -0.25) is 0 Å². The molecule has 0 fully saturated rings. The molecular formula is C10H15NO. The standard InChI is InChI=1S/C10H15NO/c1-3-10(11)8-5-4-6-9(7-8)12-2/h4-7,10H,3,11H2,1-2H3/t10-/m0/s1. The summed E-state index contributed by atoms with van der Waals surface area (Å²) in [6.07, 6.45) is 0.952. The number of hydrogen-bond donors (Lipinski definition) is 1. The van der Waals surface area contributed by atoms with Crippen LogP contribution in [0.3, 0.4) is 0 Å². The molecule has 0 unspecified atom stereocenters. The Morgan fingerprint density at radius 2 is 2.25 bits per heavy atom. The van der Waals surface area contributed by atoms with Gasteiger partial charge in [-0.1, -0.05) is 19.1 Å². The van der Waals surface area contributed by atoms with Crippen LogP contribution in [0, 0.1) is 0 Å². The van der Waals surface area contributed by atoms with Crippen molar-refractivity contribution >= 4 is 0 Å². The summed E-state index contributed by atoms with van der Waals surface area (Å²) in [6.45, 7) is 2.07. The van der Waals surface area contributed by atoms with E-state index in [2.05, 4.69) is 6.92 Å². The number of hydrogen-bond acceptors (Lipinski definition) is 2. The van der Waals surface area contributed by atoms with Crippen molar-refractivity contribution in [3.8, 4) is 5.75 Å². The van der Waals surface area contributed by atoms with Crippen LogP contribution in [-0.2, 0) is 0 Å². The second kappa shape index (κ2) is 4.12. The molecule has 1 rings (SSSR count). The molecule has 0 saturated carbocycles. The molecule has 0 aromatic heterocycles. The van der Waals surface area contributed by atoms with Crippen molar-refractivity contribution in [1.82, 2.24) is 0 Å². The molecule has 0 aliphatic heterocycles. The van der Waals surface area contributed by atoms with E-state index >= 15 is 0 Å². The lowest BCUT2D eigenvalue weighted by Crippen LogP contribution is -2.08. The molecule has 12 heavy (non-hydrogen) atoms. The van der Waals surface area contributed by atoms with Gasteiger partial charge < -0.3 is 10.5 Å². The second-order valence-electron chi connectivity index (χ2n) is 2.79. The molecule has 0 aliphatic rings. The molecule has 2 heteroatoms. The highest BCUT2D eigenvalue weighted by Gasteiger charge is 2.02. The largest absolute Gasteiger partial charge is 0.497 e. The van der Waals surface area contributed by atoms with Crippen LogP contribution in [0.4, 0.5) is 0 Å². The van der Waals surface area contributed by atoms with E-state index in [4.69, 9.17) is 10.5 Å². The fourth-order valence-corrected chi connectivity index (χ4v) is 1.11. The Bertz CT molecular complexity index is 247. The maximum absolute atomic E-state index is 5.86. The minimum atomic E-state index is 0.125. The lowest BCUT2D eigenvalue weighted by Gasteiger charge is -2.09. The minimum absolute atomic E-state index is 0.125. The maximum Gasteiger partial charge on any atom is 0.119 e. The predicted octanol–water partition coefficient (Wildman–Crippen LogP) is 2.10. The van der Waals surface area contributed by atoms with Crippen LogP contribution in [0.5, 0.6) is 5.75 Å². The highest BCUT2D eigenvalue weighted by molar-refractivity contribution is 5.30. The van der Waals surface area contributed by atoms with Gasteiger partial charge in [0.1, 0.15) is 5.75 Å². The summed E-state index contributed by atoms with van der Waals surface area (Å²) in [4.78, 5) is 0. The Morgan fingerprint density at radius 1 is 1.50 bits per heavy atom. The van der Waals surface area contributed by atoms with E-state index in [1.165, 1.54) is 0 Å². The third kappa shape index (κ3) is 1.98. The topological polar surface area (TPSA) is 35.2 Å². The third-order valence-corrected chi connectivity index (χ3v) is 1.96. The van der Waals surface area contributed by atoms with Crippen LogP contribution in [0.1, 0.15) is 24.9 Å². The molecule has 2 N–H and O–H groups in total. The quantitative estimate of drug-likeness (QED) is 0.744. The summed E-state index contributed by atoms with van der Waals surface area (Å²) in [5.74, 6) is 0.872. The van der Waals surface area contributed by atoms with Crippen molar-refractivity contribution in [2.24, 2.45) is 5.73 Å². The van der Waals surface area contributed by atoms with Crippen LogP contribution in [0.2, 0.25) is 0 Å². The highest BCUT2D eigenvalue weighted by atomic mass is 16.5. The molecule has 1 aromatic rings. The van der Waals surface area contributed by atoms with Gasteiger partial charge in [-0.25, -0.2) is 0 Å². The molecule has 0 aliphatic carbocycles. The highest BCUT2D eigenvalue weighted by Crippen LogP contribution is 2.18. The van der Waals surface area contributed by atoms with E-state index < -0.39 is 0 Å². The molecule has 0 radical (unpaired) electrons. The van der Waals surface area contributed by atoms with Crippen LogP contribution in [0.25, 0.3) is 0 Å². The normalized spacial score (nSPS) is 12.6. The summed E-state index contributed by atoms with van der Waals surface area (Å²) >= 11 is 0. The van der Waals surface area contributed by atoms with Gasteiger partial charge in [0, 0.05) is 6.04 Å². The predicted molar refractivity (Wildman–Crippen MR) is 50.2 cm³/mol. The van der Waals surface area contributed by atoms with Gasteiger partial charge in [0.05, 0.1) is 7.11 Å². The number of benzene rings is 1. The van der Waals surface area contributed by atoms with E-state index in [1.807, 2.05) is 24.3 Å². The molecule has 1 atom stereocenters. The van der Waals surface area contributed by atoms with Crippen molar-refractivity contribution in [3.63, 3.8) is 0 Å². The first-order valence-electron chi connectivity index (χ1n) is 4.17. The number of methoxy groups -OCH3 is 1. The molecule has 2 nitrogen and oxygen atoms in total. The summed E-state index contributed by atoms with van der Waals surface area (Å²) < 4.78 is 5.09. The summed E-state index contributed by atoms with van der Waals surface area (Å²) in [5.41, 5.74) is 7.00. The molecule has 66 valence electrons. The van der Waals surface area contributed by atoms with Gasteiger partial charge in [0.25, 0.3) is 0 Å². The van der Waals surface area contributed by atoms with Crippen molar-refractivity contribution in [3.05, 3.63) is 29.8 Å². The number of rotatable bonds is 3. The number of ether oxygens (including phenoxy) is 1. The first kappa shape index (κ1) is 9.07. The van der Waals surface area contributed by atoms with Crippen LogP contribution in [-0.4, -0.2) is 7.11 Å². The van der Waals surface area contributed by atoms with Crippen molar-refractivity contribution in [1.29, 1.82) is 0 Å². The van der Waals surface area contributed by atoms with Gasteiger partial charge in [-0.2, -0.15) is 0 Å².